The molecule has 7 heteroatoms. The highest BCUT2D eigenvalue weighted by molar-refractivity contribution is 9.09. The van der Waals surface area contributed by atoms with Gasteiger partial charge in [-0.3, -0.25) is 0 Å². The van der Waals surface area contributed by atoms with Gasteiger partial charge in [0.15, 0.2) is 0 Å². The first kappa shape index (κ1) is 22.7. The molecule has 1 heterocycles. The van der Waals surface area contributed by atoms with Crippen LogP contribution in [0.1, 0.15) is 11.1 Å². The van der Waals surface area contributed by atoms with Crippen LogP contribution < -0.4 is 15.1 Å². The molecule has 0 bridgehead atoms. The Morgan fingerprint density at radius 1 is 0.969 bits per heavy atom. The molecule has 32 heavy (non-hydrogen) atoms. The molecule has 0 N–H and O–H groups in total. The van der Waals surface area contributed by atoms with Gasteiger partial charge in [0.1, 0.15) is 17.1 Å². The van der Waals surface area contributed by atoms with Crippen LogP contribution in [0.15, 0.2) is 69.9 Å². The van der Waals surface area contributed by atoms with Crippen LogP contribution in [0.5, 0.6) is 11.5 Å². The zero-order valence-electron chi connectivity index (χ0n) is 17.2. The lowest BCUT2D eigenvalue weighted by Gasteiger charge is -2.14. The summed E-state index contributed by atoms with van der Waals surface area (Å²) in [5.41, 5.74) is 2.82. The van der Waals surface area contributed by atoms with Gasteiger partial charge in [0.05, 0.1) is 24.3 Å². The number of methoxy groups -OCH3 is 1. The van der Waals surface area contributed by atoms with E-state index in [0.29, 0.717) is 45.5 Å². The number of hydrogen-bond donors (Lipinski definition) is 0. The van der Waals surface area contributed by atoms with E-state index in [0.717, 1.165) is 27.6 Å². The van der Waals surface area contributed by atoms with E-state index < -0.39 is 5.63 Å². The van der Waals surface area contributed by atoms with Crippen molar-refractivity contribution in [3.05, 3.63) is 92.3 Å². The van der Waals surface area contributed by atoms with Crippen LogP contribution in [0.25, 0.3) is 22.1 Å². The number of rotatable bonds is 7. The number of alkyl halides is 1. The van der Waals surface area contributed by atoms with Crippen molar-refractivity contribution in [3.8, 4) is 22.6 Å². The van der Waals surface area contributed by atoms with Crippen molar-refractivity contribution in [1.82, 2.24) is 0 Å². The molecule has 4 nitrogen and oxygen atoms in total. The molecule has 164 valence electrons. The molecule has 0 saturated heterocycles. The number of hydrogen-bond acceptors (Lipinski definition) is 4. The van der Waals surface area contributed by atoms with E-state index in [2.05, 4.69) is 15.9 Å². The van der Waals surface area contributed by atoms with E-state index in [4.69, 9.17) is 37.1 Å². The third kappa shape index (κ3) is 4.80. The van der Waals surface area contributed by atoms with Gasteiger partial charge in [-0.2, -0.15) is 0 Å². The fourth-order valence-corrected chi connectivity index (χ4v) is 4.25. The molecular weight excluding hydrogens is 515 g/mol. The molecule has 3 aromatic carbocycles. The highest BCUT2D eigenvalue weighted by Gasteiger charge is 2.19. The van der Waals surface area contributed by atoms with Crippen molar-refractivity contribution in [1.29, 1.82) is 0 Å². The Balaban J connectivity index is 1.88. The van der Waals surface area contributed by atoms with Gasteiger partial charge in [0.25, 0.3) is 0 Å². The average molecular weight is 534 g/mol. The van der Waals surface area contributed by atoms with Gasteiger partial charge < -0.3 is 13.9 Å². The zero-order valence-corrected chi connectivity index (χ0v) is 20.3. The molecule has 0 aliphatic heterocycles. The Bertz CT molecular complexity index is 1320. The second kappa shape index (κ2) is 9.99. The predicted molar refractivity (Wildman–Crippen MR) is 133 cm³/mol. The molecule has 0 aliphatic rings. The van der Waals surface area contributed by atoms with Gasteiger partial charge in [-0.25, -0.2) is 4.79 Å². The molecule has 4 aromatic rings. The van der Waals surface area contributed by atoms with Crippen molar-refractivity contribution in [2.45, 2.75) is 6.42 Å². The first-order chi connectivity index (χ1) is 15.5. The van der Waals surface area contributed by atoms with Gasteiger partial charge >= 0.3 is 5.63 Å². The number of benzene rings is 3. The topological polar surface area (TPSA) is 48.7 Å². The summed E-state index contributed by atoms with van der Waals surface area (Å²) in [7, 11) is 1.57. The van der Waals surface area contributed by atoms with E-state index >= 15 is 0 Å². The molecule has 0 saturated carbocycles. The van der Waals surface area contributed by atoms with Crippen molar-refractivity contribution in [2.75, 3.05) is 19.0 Å². The first-order valence-electron chi connectivity index (χ1n) is 9.87. The highest BCUT2D eigenvalue weighted by atomic mass is 79.9. The number of fused-ring (bicyclic) bond motifs is 1. The maximum atomic E-state index is 13.1. The summed E-state index contributed by atoms with van der Waals surface area (Å²) in [6, 6.07) is 18.3. The van der Waals surface area contributed by atoms with Gasteiger partial charge in [0.2, 0.25) is 0 Å². The van der Waals surface area contributed by atoms with Crippen molar-refractivity contribution < 1.29 is 13.9 Å². The molecular formula is C25H19BrCl2O4. The zero-order chi connectivity index (χ0) is 22.7. The quantitative estimate of drug-likeness (QED) is 0.187. The van der Waals surface area contributed by atoms with E-state index in [1.807, 2.05) is 36.4 Å². The summed E-state index contributed by atoms with van der Waals surface area (Å²) >= 11 is 15.9. The summed E-state index contributed by atoms with van der Waals surface area (Å²) in [4.78, 5) is 13.1. The fraction of sp³-hybridized carbons (Fsp3) is 0.160. The Labute approximate surface area is 203 Å². The van der Waals surface area contributed by atoms with Gasteiger partial charge in [0, 0.05) is 27.4 Å². The van der Waals surface area contributed by atoms with Crippen molar-refractivity contribution in [3.63, 3.8) is 0 Å². The van der Waals surface area contributed by atoms with Crippen LogP contribution in [0.4, 0.5) is 0 Å². The summed E-state index contributed by atoms with van der Waals surface area (Å²) in [6.07, 6.45) is 0.501. The van der Waals surface area contributed by atoms with E-state index in [1.54, 1.807) is 31.4 Å². The van der Waals surface area contributed by atoms with Crippen LogP contribution >= 0.6 is 39.1 Å². The molecule has 0 radical (unpaired) electrons. The van der Waals surface area contributed by atoms with Crippen molar-refractivity contribution >= 4 is 50.1 Å². The van der Waals surface area contributed by atoms with Gasteiger partial charge in [-0.1, -0.05) is 57.3 Å². The van der Waals surface area contributed by atoms with Crippen molar-refractivity contribution in [2.24, 2.45) is 0 Å². The fourth-order valence-electron chi connectivity index (χ4n) is 3.58. The number of halogens is 3. The van der Waals surface area contributed by atoms with E-state index in [-0.39, 0.29) is 0 Å². The maximum Gasteiger partial charge on any atom is 0.344 e. The summed E-state index contributed by atoms with van der Waals surface area (Å²) in [6.45, 7) is 0.588. The monoisotopic (exact) mass is 532 g/mol. The lowest BCUT2D eigenvalue weighted by Crippen LogP contribution is -2.09. The largest absolute Gasteiger partial charge is 0.497 e. The third-order valence-corrected chi connectivity index (χ3v) is 5.94. The third-order valence-electron chi connectivity index (χ3n) is 5.07. The molecule has 0 amide bonds. The van der Waals surface area contributed by atoms with Crippen LogP contribution in [-0.2, 0) is 6.42 Å². The molecule has 0 atom stereocenters. The lowest BCUT2D eigenvalue weighted by molar-refractivity contribution is 0.345. The molecule has 1 aromatic heterocycles. The highest BCUT2D eigenvalue weighted by Crippen LogP contribution is 2.35. The molecule has 0 aliphatic carbocycles. The summed E-state index contributed by atoms with van der Waals surface area (Å²) in [5.74, 6) is 1.40. The maximum absolute atomic E-state index is 13.1. The Kier molecular flexibility index (Phi) is 7.09. The second-order valence-electron chi connectivity index (χ2n) is 7.09. The normalized spacial score (nSPS) is 11.0. The lowest BCUT2D eigenvalue weighted by atomic mass is 9.93. The van der Waals surface area contributed by atoms with E-state index in [1.165, 1.54) is 0 Å². The summed E-state index contributed by atoms with van der Waals surface area (Å²) in [5, 5.41) is 2.45. The minimum atomic E-state index is -0.470. The second-order valence-corrected chi connectivity index (χ2v) is 8.72. The Morgan fingerprint density at radius 3 is 2.41 bits per heavy atom. The van der Waals surface area contributed by atoms with Crippen LogP contribution in [0, 0.1) is 0 Å². The van der Waals surface area contributed by atoms with Crippen LogP contribution in [0.2, 0.25) is 10.0 Å². The predicted octanol–water partition coefficient (Wildman–Crippen LogP) is 7.14. The molecule has 0 spiro atoms. The average Bonchev–Trinajstić information content (AvgIpc) is 2.79. The van der Waals surface area contributed by atoms with Crippen LogP contribution in [-0.4, -0.2) is 19.0 Å². The first-order valence-corrected chi connectivity index (χ1v) is 11.7. The smallest absolute Gasteiger partial charge is 0.344 e. The van der Waals surface area contributed by atoms with Gasteiger partial charge in [-0.15, -0.1) is 0 Å². The SMILES string of the molecule is COc1ccc2c(Cc3ccc(OCCBr)cc3)c(-c3ccc(Cl)cc3Cl)c(=O)oc2c1. The standard InChI is InChI=1S/C25H19BrCl2O4/c1-30-18-7-9-19-21(12-15-2-5-17(6-3-15)31-11-10-26)24(25(29)32-23(19)14-18)20-8-4-16(27)13-22(20)28/h2-9,13-14H,10-12H2,1H3. The summed E-state index contributed by atoms with van der Waals surface area (Å²) < 4.78 is 16.6. The van der Waals surface area contributed by atoms with E-state index in [9.17, 15) is 4.79 Å². The minimum absolute atomic E-state index is 0.387. The Morgan fingerprint density at radius 2 is 1.72 bits per heavy atom. The van der Waals surface area contributed by atoms with Gasteiger partial charge in [-0.05, 0) is 53.9 Å². The molecule has 0 unspecified atom stereocenters. The Hall–Kier alpha value is -2.47. The van der Waals surface area contributed by atoms with Crippen LogP contribution in [0.3, 0.4) is 0 Å². The molecule has 4 rings (SSSR count). The number of ether oxygens (including phenoxy) is 2. The minimum Gasteiger partial charge on any atom is -0.497 e. The molecule has 0 fully saturated rings.